The molecule has 0 bridgehead atoms. The Bertz CT molecular complexity index is 962. The number of anilines is 1. The molecule has 1 aliphatic heterocycles. The van der Waals surface area contributed by atoms with Crippen molar-refractivity contribution in [1.82, 2.24) is 0 Å². The van der Waals surface area contributed by atoms with Crippen LogP contribution in [0.4, 0.5) is 5.69 Å². The van der Waals surface area contributed by atoms with Crippen LogP contribution in [0.1, 0.15) is 29.7 Å². The zero-order valence-corrected chi connectivity index (χ0v) is 16.1. The van der Waals surface area contributed by atoms with E-state index in [2.05, 4.69) is 16.8 Å². The van der Waals surface area contributed by atoms with Gasteiger partial charge in [0, 0.05) is 33.7 Å². The van der Waals surface area contributed by atoms with E-state index < -0.39 is 0 Å². The molecule has 138 valence electrons. The molecule has 0 saturated carbocycles. The highest BCUT2D eigenvalue weighted by Crippen LogP contribution is 2.48. The van der Waals surface area contributed by atoms with Gasteiger partial charge in [-0.1, -0.05) is 30.3 Å². The maximum absolute atomic E-state index is 12.5. The molecule has 0 fully saturated rings. The first-order valence-electron chi connectivity index (χ1n) is 8.98. The Labute approximate surface area is 162 Å². The average molecular weight is 379 g/mol. The first-order valence-corrected chi connectivity index (χ1v) is 9.86. The second-order valence-electron chi connectivity index (χ2n) is 6.39. The summed E-state index contributed by atoms with van der Waals surface area (Å²) in [7, 11) is 1.65. The van der Waals surface area contributed by atoms with Crippen molar-refractivity contribution in [3.05, 3.63) is 64.4 Å². The summed E-state index contributed by atoms with van der Waals surface area (Å²) in [5, 5.41) is 5.21. The number of hydrogen-bond donors (Lipinski definition) is 1. The lowest BCUT2D eigenvalue weighted by Gasteiger charge is -2.25. The Morgan fingerprint density at radius 3 is 2.67 bits per heavy atom. The number of thiophene rings is 1. The third-order valence-corrected chi connectivity index (χ3v) is 5.88. The lowest BCUT2D eigenvalue weighted by Crippen LogP contribution is -2.22. The third-order valence-electron chi connectivity index (χ3n) is 4.79. The van der Waals surface area contributed by atoms with Gasteiger partial charge >= 0.3 is 0 Å². The Morgan fingerprint density at radius 2 is 1.93 bits per heavy atom. The molecule has 1 aromatic heterocycles. The van der Waals surface area contributed by atoms with Crippen LogP contribution in [0.5, 0.6) is 11.5 Å². The standard InChI is InChI=1S/C22H21NO3S/c1-3-26-19-7-5-4-6-16(19)17-12-20(24)23-21-18(13-27-22(17)21)14-8-10-15(25-2)11-9-14/h4-11,13,17H,3,12H2,1-2H3,(H,23,24)/t17-/m0/s1. The van der Waals surface area contributed by atoms with Gasteiger partial charge < -0.3 is 14.8 Å². The van der Waals surface area contributed by atoms with Crippen molar-refractivity contribution >= 4 is 22.9 Å². The third kappa shape index (κ3) is 3.30. The van der Waals surface area contributed by atoms with Crippen molar-refractivity contribution in [2.24, 2.45) is 0 Å². The number of hydrogen-bond acceptors (Lipinski definition) is 4. The Balaban J connectivity index is 1.78. The van der Waals surface area contributed by atoms with Gasteiger partial charge in [0.1, 0.15) is 11.5 Å². The van der Waals surface area contributed by atoms with Crippen molar-refractivity contribution in [2.75, 3.05) is 19.0 Å². The summed E-state index contributed by atoms with van der Waals surface area (Å²) in [6.07, 6.45) is 0.430. The molecule has 5 heteroatoms. The van der Waals surface area contributed by atoms with E-state index >= 15 is 0 Å². The molecule has 3 aromatic rings. The number of rotatable bonds is 5. The van der Waals surface area contributed by atoms with Gasteiger partial charge in [-0.2, -0.15) is 0 Å². The first-order chi connectivity index (χ1) is 13.2. The molecule has 1 amide bonds. The zero-order chi connectivity index (χ0) is 18.8. The number of fused-ring (bicyclic) bond motifs is 1. The van der Waals surface area contributed by atoms with Gasteiger partial charge in [0.2, 0.25) is 5.91 Å². The molecule has 0 saturated heterocycles. The fourth-order valence-electron chi connectivity index (χ4n) is 3.52. The monoisotopic (exact) mass is 379 g/mol. The summed E-state index contributed by atoms with van der Waals surface area (Å²) in [6, 6.07) is 15.9. The van der Waals surface area contributed by atoms with E-state index in [0.717, 1.165) is 33.9 Å². The highest BCUT2D eigenvalue weighted by Gasteiger charge is 2.32. The molecule has 2 aromatic carbocycles. The highest BCUT2D eigenvalue weighted by molar-refractivity contribution is 7.11. The molecule has 0 spiro atoms. The fourth-order valence-corrected chi connectivity index (χ4v) is 4.67. The van der Waals surface area contributed by atoms with Crippen molar-refractivity contribution in [2.45, 2.75) is 19.3 Å². The zero-order valence-electron chi connectivity index (χ0n) is 15.3. The van der Waals surface area contributed by atoms with E-state index in [-0.39, 0.29) is 11.8 Å². The average Bonchev–Trinajstić information content (AvgIpc) is 3.12. The van der Waals surface area contributed by atoms with Gasteiger partial charge in [-0.15, -0.1) is 11.3 Å². The van der Waals surface area contributed by atoms with Crippen LogP contribution in [0.3, 0.4) is 0 Å². The Hall–Kier alpha value is -2.79. The van der Waals surface area contributed by atoms with Gasteiger partial charge in [0.15, 0.2) is 0 Å². The predicted molar refractivity (Wildman–Crippen MR) is 109 cm³/mol. The molecule has 1 N–H and O–H groups in total. The molecule has 0 unspecified atom stereocenters. The summed E-state index contributed by atoms with van der Waals surface area (Å²) in [5.74, 6) is 1.71. The molecule has 4 nitrogen and oxygen atoms in total. The van der Waals surface area contributed by atoms with E-state index in [1.165, 1.54) is 4.88 Å². The van der Waals surface area contributed by atoms with E-state index in [9.17, 15) is 4.79 Å². The number of carbonyl (C=O) groups excluding carboxylic acids is 1. The minimum Gasteiger partial charge on any atom is -0.497 e. The van der Waals surface area contributed by atoms with Crippen molar-refractivity contribution < 1.29 is 14.3 Å². The topological polar surface area (TPSA) is 47.6 Å². The van der Waals surface area contributed by atoms with Crippen molar-refractivity contribution in [1.29, 1.82) is 0 Å². The summed E-state index contributed by atoms with van der Waals surface area (Å²) in [5.41, 5.74) is 4.09. The van der Waals surface area contributed by atoms with E-state index in [1.54, 1.807) is 18.4 Å². The van der Waals surface area contributed by atoms with Crippen molar-refractivity contribution in [3.63, 3.8) is 0 Å². The van der Waals surface area contributed by atoms with Crippen LogP contribution < -0.4 is 14.8 Å². The molecule has 1 aliphatic rings. The number of amides is 1. The van der Waals surface area contributed by atoms with Crippen molar-refractivity contribution in [3.8, 4) is 22.6 Å². The van der Waals surface area contributed by atoms with Crippen LogP contribution in [0.25, 0.3) is 11.1 Å². The number of benzene rings is 2. The SMILES string of the molecule is CCOc1ccccc1[C@@H]1CC(=O)Nc2c(-c3ccc(OC)cc3)csc21. The summed E-state index contributed by atoms with van der Waals surface area (Å²) < 4.78 is 11.1. The maximum atomic E-state index is 12.5. The van der Waals surface area contributed by atoms with Crippen LogP contribution in [-0.4, -0.2) is 19.6 Å². The van der Waals surface area contributed by atoms with E-state index in [4.69, 9.17) is 9.47 Å². The minimum atomic E-state index is 0.00787. The second-order valence-corrected chi connectivity index (χ2v) is 7.30. The maximum Gasteiger partial charge on any atom is 0.225 e. The number of carbonyl (C=O) groups is 1. The minimum absolute atomic E-state index is 0.00787. The smallest absolute Gasteiger partial charge is 0.225 e. The van der Waals surface area contributed by atoms with Gasteiger partial charge in [-0.3, -0.25) is 4.79 Å². The van der Waals surface area contributed by atoms with Gasteiger partial charge in [-0.25, -0.2) is 0 Å². The van der Waals surface area contributed by atoms with Crippen LogP contribution in [0, 0.1) is 0 Å². The Kier molecular flexibility index (Phi) is 4.86. The van der Waals surface area contributed by atoms with Gasteiger partial charge in [0.05, 0.1) is 19.4 Å². The second kappa shape index (κ2) is 7.45. The fraction of sp³-hybridized carbons (Fsp3) is 0.227. The normalized spacial score (nSPS) is 15.8. The Morgan fingerprint density at radius 1 is 1.15 bits per heavy atom. The summed E-state index contributed by atoms with van der Waals surface area (Å²) in [6.45, 7) is 2.58. The largest absolute Gasteiger partial charge is 0.497 e. The lowest BCUT2D eigenvalue weighted by atomic mass is 9.88. The molecule has 0 aliphatic carbocycles. The number of ether oxygens (including phenoxy) is 2. The molecule has 0 radical (unpaired) electrons. The molecule has 1 atom stereocenters. The highest BCUT2D eigenvalue weighted by atomic mass is 32.1. The van der Waals surface area contributed by atoms with E-state index in [1.807, 2.05) is 49.4 Å². The van der Waals surface area contributed by atoms with Crippen LogP contribution in [-0.2, 0) is 4.79 Å². The molecule has 2 heterocycles. The molecular weight excluding hydrogens is 358 g/mol. The number of para-hydroxylation sites is 1. The van der Waals surface area contributed by atoms with Gasteiger partial charge in [-0.05, 0) is 30.7 Å². The molecular formula is C22H21NO3S. The molecule has 27 heavy (non-hydrogen) atoms. The summed E-state index contributed by atoms with van der Waals surface area (Å²) >= 11 is 1.69. The van der Waals surface area contributed by atoms with Gasteiger partial charge in [0.25, 0.3) is 0 Å². The first kappa shape index (κ1) is 17.6. The van der Waals surface area contributed by atoms with E-state index in [0.29, 0.717) is 13.0 Å². The summed E-state index contributed by atoms with van der Waals surface area (Å²) in [4.78, 5) is 13.7. The quantitative estimate of drug-likeness (QED) is 0.655. The number of methoxy groups -OCH3 is 1. The van der Waals surface area contributed by atoms with Crippen LogP contribution >= 0.6 is 11.3 Å². The van der Waals surface area contributed by atoms with Crippen LogP contribution in [0.15, 0.2) is 53.9 Å². The van der Waals surface area contributed by atoms with Crippen LogP contribution in [0.2, 0.25) is 0 Å². The predicted octanol–water partition coefficient (Wildman–Crippen LogP) is 5.30. The lowest BCUT2D eigenvalue weighted by molar-refractivity contribution is -0.116. The molecule has 4 rings (SSSR count). The number of nitrogens with one attached hydrogen (secondary N) is 1.